The SMILES string of the molecule is c1ccc2c(c1)C1CC(CN3CCCCC3)C2C1. The number of likely N-dealkylation sites (tertiary alicyclic amines) is 1. The van der Waals surface area contributed by atoms with Crippen molar-refractivity contribution in [1.82, 2.24) is 4.90 Å². The first-order valence-electron chi connectivity index (χ1n) is 7.73. The lowest BCUT2D eigenvalue weighted by molar-refractivity contribution is 0.187. The van der Waals surface area contributed by atoms with Crippen molar-refractivity contribution in [3.05, 3.63) is 35.4 Å². The van der Waals surface area contributed by atoms with Gasteiger partial charge in [0.2, 0.25) is 0 Å². The number of fused-ring (bicyclic) bond motifs is 5. The summed E-state index contributed by atoms with van der Waals surface area (Å²) in [5.74, 6) is 2.72. The molecule has 1 heterocycles. The highest BCUT2D eigenvalue weighted by Crippen LogP contribution is 2.56. The number of hydrogen-bond acceptors (Lipinski definition) is 1. The molecule has 18 heavy (non-hydrogen) atoms. The van der Waals surface area contributed by atoms with E-state index in [2.05, 4.69) is 29.2 Å². The number of nitrogens with zero attached hydrogens (tertiary/aromatic N) is 1. The zero-order valence-corrected chi connectivity index (χ0v) is 11.1. The first kappa shape index (κ1) is 11.0. The monoisotopic (exact) mass is 241 g/mol. The second-order valence-corrected chi connectivity index (χ2v) is 6.53. The molecule has 1 aromatic rings. The van der Waals surface area contributed by atoms with Crippen molar-refractivity contribution in [2.24, 2.45) is 5.92 Å². The van der Waals surface area contributed by atoms with Crippen LogP contribution in [0.2, 0.25) is 0 Å². The molecule has 1 aliphatic heterocycles. The zero-order valence-electron chi connectivity index (χ0n) is 11.1. The third-order valence-electron chi connectivity index (χ3n) is 5.47. The molecule has 1 aromatic carbocycles. The number of benzene rings is 1. The van der Waals surface area contributed by atoms with Gasteiger partial charge in [-0.25, -0.2) is 0 Å². The third-order valence-corrected chi connectivity index (χ3v) is 5.47. The highest BCUT2D eigenvalue weighted by atomic mass is 15.1. The number of piperidine rings is 1. The molecule has 0 amide bonds. The summed E-state index contributed by atoms with van der Waals surface area (Å²) < 4.78 is 0. The predicted octanol–water partition coefficient (Wildman–Crippen LogP) is 3.76. The van der Waals surface area contributed by atoms with Gasteiger partial charge in [0.1, 0.15) is 0 Å². The Balaban J connectivity index is 1.50. The van der Waals surface area contributed by atoms with Crippen LogP contribution in [-0.2, 0) is 0 Å². The lowest BCUT2D eigenvalue weighted by Crippen LogP contribution is -2.35. The molecular weight excluding hydrogens is 218 g/mol. The molecule has 1 saturated heterocycles. The first-order valence-corrected chi connectivity index (χ1v) is 7.73. The largest absolute Gasteiger partial charge is 0.303 e. The predicted molar refractivity (Wildman–Crippen MR) is 74.9 cm³/mol. The van der Waals surface area contributed by atoms with Crippen LogP contribution in [0.25, 0.3) is 0 Å². The van der Waals surface area contributed by atoms with Gasteiger partial charge in [-0.1, -0.05) is 30.7 Å². The van der Waals surface area contributed by atoms with E-state index in [-0.39, 0.29) is 0 Å². The van der Waals surface area contributed by atoms with Crippen molar-refractivity contribution in [3.63, 3.8) is 0 Å². The molecule has 0 aromatic heterocycles. The Hall–Kier alpha value is -0.820. The van der Waals surface area contributed by atoms with Crippen molar-refractivity contribution < 1.29 is 0 Å². The van der Waals surface area contributed by atoms with Gasteiger partial charge in [-0.05, 0) is 67.7 Å². The Labute approximate surface area is 110 Å². The molecule has 3 unspecified atom stereocenters. The first-order chi connectivity index (χ1) is 8.92. The molecule has 96 valence electrons. The molecule has 1 saturated carbocycles. The van der Waals surface area contributed by atoms with E-state index >= 15 is 0 Å². The van der Waals surface area contributed by atoms with Gasteiger partial charge in [-0.2, -0.15) is 0 Å². The van der Waals surface area contributed by atoms with Crippen LogP contribution in [-0.4, -0.2) is 24.5 Å². The maximum Gasteiger partial charge on any atom is 0.00157 e. The molecular formula is C17H23N. The highest BCUT2D eigenvalue weighted by molar-refractivity contribution is 5.41. The van der Waals surface area contributed by atoms with Gasteiger partial charge in [0.15, 0.2) is 0 Å². The standard InChI is InChI=1S/C17H23N/c1-4-8-18(9-5-1)12-14-10-13-11-17(14)16-7-3-2-6-15(13)16/h2-3,6-7,13-14,17H,1,4-5,8-12H2. The van der Waals surface area contributed by atoms with E-state index in [0.29, 0.717) is 0 Å². The van der Waals surface area contributed by atoms with Gasteiger partial charge in [-0.15, -0.1) is 0 Å². The highest BCUT2D eigenvalue weighted by Gasteiger charge is 2.43. The fourth-order valence-electron chi connectivity index (χ4n) is 4.66. The van der Waals surface area contributed by atoms with Crippen LogP contribution >= 0.6 is 0 Å². The second-order valence-electron chi connectivity index (χ2n) is 6.53. The van der Waals surface area contributed by atoms with E-state index in [4.69, 9.17) is 0 Å². The zero-order chi connectivity index (χ0) is 11.9. The second kappa shape index (κ2) is 4.38. The summed E-state index contributed by atoms with van der Waals surface area (Å²) in [6.07, 6.45) is 7.21. The minimum absolute atomic E-state index is 0.883. The van der Waals surface area contributed by atoms with Crippen LogP contribution in [0.4, 0.5) is 0 Å². The third kappa shape index (κ3) is 1.72. The van der Waals surface area contributed by atoms with Crippen LogP contribution in [0.1, 0.15) is 55.1 Å². The van der Waals surface area contributed by atoms with Gasteiger partial charge in [0.05, 0.1) is 0 Å². The lowest BCUT2D eigenvalue weighted by Gasteiger charge is -2.33. The van der Waals surface area contributed by atoms with Crippen molar-refractivity contribution in [2.75, 3.05) is 19.6 Å². The Bertz CT molecular complexity index is 433. The van der Waals surface area contributed by atoms with Gasteiger partial charge in [0.25, 0.3) is 0 Å². The van der Waals surface area contributed by atoms with Crippen molar-refractivity contribution in [1.29, 1.82) is 0 Å². The summed E-state index contributed by atoms with van der Waals surface area (Å²) in [6.45, 7) is 4.08. The normalized spacial score (nSPS) is 34.8. The van der Waals surface area contributed by atoms with Crippen molar-refractivity contribution in [3.8, 4) is 0 Å². The van der Waals surface area contributed by atoms with Crippen LogP contribution in [0.3, 0.4) is 0 Å². The molecule has 1 nitrogen and oxygen atoms in total. The van der Waals surface area contributed by atoms with Crippen molar-refractivity contribution in [2.45, 2.75) is 43.9 Å². The molecule has 0 radical (unpaired) electrons. The molecule has 3 atom stereocenters. The van der Waals surface area contributed by atoms with Crippen LogP contribution < -0.4 is 0 Å². The van der Waals surface area contributed by atoms with Gasteiger partial charge in [0, 0.05) is 6.54 Å². The van der Waals surface area contributed by atoms with Gasteiger partial charge < -0.3 is 4.90 Å². The van der Waals surface area contributed by atoms with Crippen LogP contribution in [0.5, 0.6) is 0 Å². The average molecular weight is 241 g/mol. The lowest BCUT2D eigenvalue weighted by atomic mass is 9.83. The molecule has 3 aliphatic rings. The molecule has 4 rings (SSSR count). The quantitative estimate of drug-likeness (QED) is 0.762. The molecule has 2 bridgehead atoms. The maximum atomic E-state index is 2.73. The van der Waals surface area contributed by atoms with Crippen LogP contribution in [0.15, 0.2) is 24.3 Å². The van der Waals surface area contributed by atoms with Gasteiger partial charge >= 0.3 is 0 Å². The van der Waals surface area contributed by atoms with E-state index in [0.717, 1.165) is 17.8 Å². The number of rotatable bonds is 2. The molecule has 1 heteroatoms. The summed E-state index contributed by atoms with van der Waals surface area (Å²) in [6, 6.07) is 9.22. The Morgan fingerprint density at radius 3 is 2.56 bits per heavy atom. The summed E-state index contributed by atoms with van der Waals surface area (Å²) >= 11 is 0. The summed E-state index contributed by atoms with van der Waals surface area (Å²) in [5, 5.41) is 0. The van der Waals surface area contributed by atoms with E-state index in [1.54, 1.807) is 11.1 Å². The van der Waals surface area contributed by atoms with Crippen molar-refractivity contribution >= 4 is 0 Å². The summed E-state index contributed by atoms with van der Waals surface area (Å²) in [5.41, 5.74) is 3.37. The van der Waals surface area contributed by atoms with E-state index in [1.165, 1.54) is 51.7 Å². The molecule has 2 fully saturated rings. The minimum Gasteiger partial charge on any atom is -0.303 e. The Morgan fingerprint density at radius 2 is 1.72 bits per heavy atom. The molecule has 2 aliphatic carbocycles. The van der Waals surface area contributed by atoms with E-state index in [1.807, 2.05) is 0 Å². The minimum atomic E-state index is 0.883. The Kier molecular flexibility index (Phi) is 2.69. The average Bonchev–Trinajstić information content (AvgIpc) is 2.99. The summed E-state index contributed by atoms with van der Waals surface area (Å²) in [7, 11) is 0. The maximum absolute atomic E-state index is 2.73. The molecule has 0 spiro atoms. The smallest absolute Gasteiger partial charge is 0.00157 e. The Morgan fingerprint density at radius 1 is 0.944 bits per heavy atom. The van der Waals surface area contributed by atoms with E-state index < -0.39 is 0 Å². The van der Waals surface area contributed by atoms with Crippen LogP contribution in [0, 0.1) is 5.92 Å². The van der Waals surface area contributed by atoms with E-state index in [9.17, 15) is 0 Å². The fraction of sp³-hybridized carbons (Fsp3) is 0.647. The fourth-order valence-corrected chi connectivity index (χ4v) is 4.66. The summed E-state index contributed by atoms with van der Waals surface area (Å²) in [4.78, 5) is 2.73. The topological polar surface area (TPSA) is 3.24 Å². The number of hydrogen-bond donors (Lipinski definition) is 0. The van der Waals surface area contributed by atoms with Gasteiger partial charge in [-0.3, -0.25) is 0 Å². The molecule has 0 N–H and O–H groups in total.